The smallest absolute Gasteiger partial charge is 0.209 e. The highest BCUT2D eigenvalue weighted by atomic mass is 79.9. The molecule has 0 saturated heterocycles. The van der Waals surface area contributed by atoms with E-state index in [-0.39, 0.29) is 20.5 Å². The predicted molar refractivity (Wildman–Crippen MR) is 82.1 cm³/mol. The van der Waals surface area contributed by atoms with E-state index >= 15 is 0 Å². The third-order valence-corrected chi connectivity index (χ3v) is 14.9. The standard InChI is InChI=1S/C10H20Br2O2Si2/c1-15(2,3)9(11)7(13)8(14)10(12)16(4,5)6/h9-10H,1-6H3. The molecule has 0 N–H and O–H groups in total. The van der Waals surface area contributed by atoms with Crippen LogP contribution in [0.25, 0.3) is 0 Å². The Kier molecular flexibility index (Phi) is 5.84. The second kappa shape index (κ2) is 5.58. The lowest BCUT2D eigenvalue weighted by molar-refractivity contribution is -0.134. The molecule has 0 heterocycles. The minimum Gasteiger partial charge on any atom is -0.290 e. The van der Waals surface area contributed by atoms with Gasteiger partial charge in [-0.2, -0.15) is 0 Å². The Hall–Kier alpha value is 0.734. The molecule has 0 radical (unpaired) electrons. The third kappa shape index (κ3) is 4.54. The summed E-state index contributed by atoms with van der Waals surface area (Å²) in [4.78, 5) is 24.0. The normalized spacial score (nSPS) is 16.8. The fourth-order valence-electron chi connectivity index (χ4n) is 1.04. The van der Waals surface area contributed by atoms with Crippen molar-refractivity contribution in [1.29, 1.82) is 0 Å². The zero-order valence-electron chi connectivity index (χ0n) is 10.7. The van der Waals surface area contributed by atoms with Crippen LogP contribution in [0, 0.1) is 0 Å². The summed E-state index contributed by atoms with van der Waals surface area (Å²) in [7, 11) is -3.30. The summed E-state index contributed by atoms with van der Waals surface area (Å²) in [6.45, 7) is 12.5. The highest BCUT2D eigenvalue weighted by molar-refractivity contribution is 9.10. The first-order valence-corrected chi connectivity index (χ1v) is 14.2. The highest BCUT2D eigenvalue weighted by Gasteiger charge is 2.40. The Bertz CT molecular complexity index is 262. The molecular formula is C10H20Br2O2Si2. The number of ketones is 2. The maximum atomic E-state index is 12.0. The van der Waals surface area contributed by atoms with E-state index in [9.17, 15) is 9.59 Å². The Morgan fingerprint density at radius 2 is 0.938 bits per heavy atom. The van der Waals surface area contributed by atoms with Crippen molar-refractivity contribution in [1.82, 2.24) is 0 Å². The number of carbonyl (C=O) groups excluding carboxylic acids is 2. The number of hydrogen-bond acceptors (Lipinski definition) is 2. The summed E-state index contributed by atoms with van der Waals surface area (Å²) in [5, 5.41) is 0. The lowest BCUT2D eigenvalue weighted by Gasteiger charge is -2.26. The monoisotopic (exact) mass is 386 g/mol. The molecule has 0 aliphatic heterocycles. The second-order valence-electron chi connectivity index (χ2n) is 6.19. The molecule has 0 rings (SSSR count). The SMILES string of the molecule is C[Si](C)(C)C(Br)C(=O)C(=O)C(Br)[Si](C)(C)C. The van der Waals surface area contributed by atoms with Crippen LogP contribution in [0.3, 0.4) is 0 Å². The van der Waals surface area contributed by atoms with Gasteiger partial charge in [0.25, 0.3) is 0 Å². The van der Waals surface area contributed by atoms with Crippen LogP contribution >= 0.6 is 31.9 Å². The minimum absolute atomic E-state index is 0.261. The molecule has 0 saturated carbocycles. The average Bonchev–Trinajstić information content (AvgIpc) is 2.10. The van der Waals surface area contributed by atoms with Gasteiger partial charge in [-0.1, -0.05) is 71.1 Å². The number of carbonyl (C=O) groups is 2. The number of alkyl halides is 2. The lowest BCUT2D eigenvalue weighted by Crippen LogP contribution is -2.49. The molecule has 0 aromatic rings. The van der Waals surface area contributed by atoms with Crippen molar-refractivity contribution in [3.05, 3.63) is 0 Å². The van der Waals surface area contributed by atoms with E-state index in [0.717, 1.165) is 0 Å². The largest absolute Gasteiger partial charge is 0.290 e. The summed E-state index contributed by atoms with van der Waals surface area (Å²) in [5.74, 6) is -0.521. The number of hydrogen-bond donors (Lipinski definition) is 0. The molecule has 0 bridgehead atoms. The van der Waals surface area contributed by atoms with E-state index < -0.39 is 16.1 Å². The summed E-state index contributed by atoms with van der Waals surface area (Å²) in [6, 6.07) is 0. The third-order valence-electron chi connectivity index (χ3n) is 2.22. The zero-order valence-corrected chi connectivity index (χ0v) is 15.9. The molecule has 0 aliphatic rings. The van der Waals surface area contributed by atoms with Crippen molar-refractivity contribution < 1.29 is 9.59 Å². The van der Waals surface area contributed by atoms with Crippen LogP contribution in [-0.4, -0.2) is 36.6 Å². The first-order chi connectivity index (χ1) is 6.89. The highest BCUT2D eigenvalue weighted by Crippen LogP contribution is 2.23. The Morgan fingerprint density at radius 1 is 0.750 bits per heavy atom. The van der Waals surface area contributed by atoms with Gasteiger partial charge < -0.3 is 0 Å². The Balaban J connectivity index is 4.84. The molecule has 0 aliphatic carbocycles. The fraction of sp³-hybridized carbons (Fsp3) is 0.800. The number of halogens is 2. The topological polar surface area (TPSA) is 34.1 Å². The van der Waals surface area contributed by atoms with Gasteiger partial charge in [-0.25, -0.2) is 0 Å². The number of rotatable bonds is 5. The maximum Gasteiger partial charge on any atom is 0.209 e. The van der Waals surface area contributed by atoms with E-state index in [1.54, 1.807) is 0 Å². The first kappa shape index (κ1) is 16.7. The Morgan fingerprint density at radius 3 is 1.06 bits per heavy atom. The summed E-state index contributed by atoms with van der Waals surface area (Å²) >= 11 is 6.77. The molecule has 6 heteroatoms. The van der Waals surface area contributed by atoms with Gasteiger partial charge in [0.15, 0.2) is 0 Å². The minimum atomic E-state index is -1.65. The van der Waals surface area contributed by atoms with Crippen molar-refractivity contribution in [3.8, 4) is 0 Å². The van der Waals surface area contributed by atoms with Gasteiger partial charge >= 0.3 is 0 Å². The van der Waals surface area contributed by atoms with Crippen molar-refractivity contribution in [2.24, 2.45) is 0 Å². The van der Waals surface area contributed by atoms with E-state index in [1.807, 2.05) is 0 Å². The predicted octanol–water partition coefficient (Wildman–Crippen LogP) is 3.41. The van der Waals surface area contributed by atoms with E-state index in [1.165, 1.54) is 0 Å². The van der Waals surface area contributed by atoms with E-state index in [4.69, 9.17) is 0 Å². The van der Waals surface area contributed by atoms with Crippen LogP contribution in [0.2, 0.25) is 39.3 Å². The van der Waals surface area contributed by atoms with Crippen molar-refractivity contribution in [2.45, 2.75) is 48.2 Å². The number of Topliss-reactive ketones (excluding diaryl/α,β-unsaturated/α-hetero) is 2. The molecule has 2 unspecified atom stereocenters. The fourth-order valence-corrected chi connectivity index (χ4v) is 3.35. The van der Waals surface area contributed by atoms with Crippen LogP contribution in [0.5, 0.6) is 0 Å². The molecule has 2 atom stereocenters. The summed E-state index contributed by atoms with van der Waals surface area (Å²) in [6.07, 6.45) is 0. The summed E-state index contributed by atoms with van der Waals surface area (Å²) in [5.41, 5.74) is 0. The van der Waals surface area contributed by atoms with Gasteiger partial charge in [-0.15, -0.1) is 0 Å². The van der Waals surface area contributed by atoms with E-state index in [0.29, 0.717) is 0 Å². The van der Waals surface area contributed by atoms with Gasteiger partial charge in [0, 0.05) is 0 Å². The van der Waals surface area contributed by atoms with Crippen LogP contribution < -0.4 is 0 Å². The van der Waals surface area contributed by atoms with Gasteiger partial charge in [-0.05, 0) is 0 Å². The van der Waals surface area contributed by atoms with Gasteiger partial charge in [-0.3, -0.25) is 9.59 Å². The molecule has 0 amide bonds. The lowest BCUT2D eigenvalue weighted by atomic mass is 10.3. The molecule has 0 fully saturated rings. The van der Waals surface area contributed by atoms with Crippen LogP contribution in [0.15, 0.2) is 0 Å². The summed E-state index contributed by atoms with van der Waals surface area (Å²) < 4.78 is -0.548. The first-order valence-electron chi connectivity index (χ1n) is 5.25. The molecule has 94 valence electrons. The van der Waals surface area contributed by atoms with Crippen LogP contribution in [0.4, 0.5) is 0 Å². The Labute approximate surface area is 117 Å². The molecule has 2 nitrogen and oxygen atoms in total. The van der Waals surface area contributed by atoms with Gasteiger partial charge in [0.2, 0.25) is 11.6 Å². The van der Waals surface area contributed by atoms with Crippen molar-refractivity contribution >= 4 is 59.6 Å². The van der Waals surface area contributed by atoms with Crippen molar-refractivity contribution in [3.63, 3.8) is 0 Å². The van der Waals surface area contributed by atoms with Crippen LogP contribution in [-0.2, 0) is 9.59 Å². The maximum absolute atomic E-state index is 12.0. The van der Waals surface area contributed by atoms with Crippen molar-refractivity contribution in [2.75, 3.05) is 0 Å². The quantitative estimate of drug-likeness (QED) is 0.411. The zero-order chi connectivity index (χ0) is 13.3. The second-order valence-corrected chi connectivity index (χ2v) is 20.3. The molecule has 0 aromatic carbocycles. The van der Waals surface area contributed by atoms with Crippen LogP contribution in [0.1, 0.15) is 0 Å². The van der Waals surface area contributed by atoms with Gasteiger partial charge in [0.05, 0.1) is 25.0 Å². The molecular weight excluding hydrogens is 368 g/mol. The molecule has 16 heavy (non-hydrogen) atoms. The average molecular weight is 388 g/mol. The van der Waals surface area contributed by atoms with E-state index in [2.05, 4.69) is 71.1 Å². The molecule has 0 spiro atoms. The van der Waals surface area contributed by atoms with Gasteiger partial charge in [0.1, 0.15) is 0 Å². The molecule has 0 aromatic heterocycles.